The largest absolute Gasteiger partial charge is 0.471 e. The molecule has 3 unspecified atom stereocenters. The Labute approximate surface area is 104 Å². The van der Waals surface area contributed by atoms with Gasteiger partial charge in [0.2, 0.25) is 11.8 Å². The molecule has 0 bridgehead atoms. The third-order valence-electron chi connectivity index (χ3n) is 2.63. The maximum atomic E-state index is 11.4. The predicted octanol–water partition coefficient (Wildman–Crippen LogP) is -2.03. The average Bonchev–Trinajstić information content (AvgIpc) is 2.36. The van der Waals surface area contributed by atoms with Crippen LogP contribution in [-0.4, -0.2) is 58.1 Å². The molecular weight excluding hydrogens is 240 g/mol. The number of aliphatic hydroxyl groups excluding tert-OH is 3. The molecular formula is C11H16N2O5. The number of ether oxygens (including phenoxy) is 1. The van der Waals surface area contributed by atoms with Crippen molar-refractivity contribution in [3.05, 3.63) is 0 Å². The van der Waals surface area contributed by atoms with Crippen LogP contribution in [0.4, 0.5) is 0 Å². The van der Waals surface area contributed by atoms with Crippen LogP contribution in [0.25, 0.3) is 0 Å². The molecule has 0 saturated carbocycles. The number of carbonyl (C=O) groups excluding carboxylic acids is 1. The van der Waals surface area contributed by atoms with Gasteiger partial charge in [-0.25, -0.2) is 0 Å². The van der Waals surface area contributed by atoms with Crippen LogP contribution >= 0.6 is 0 Å². The fourth-order valence-electron chi connectivity index (χ4n) is 1.61. The Morgan fingerprint density at radius 3 is 2.72 bits per heavy atom. The summed E-state index contributed by atoms with van der Waals surface area (Å²) in [4.78, 5) is 11.4. The molecule has 100 valence electrons. The van der Waals surface area contributed by atoms with Gasteiger partial charge in [-0.1, -0.05) is 0 Å². The molecule has 4 atom stereocenters. The monoisotopic (exact) mass is 256 g/mol. The highest BCUT2D eigenvalue weighted by Crippen LogP contribution is 2.17. The van der Waals surface area contributed by atoms with Crippen molar-refractivity contribution in [1.82, 2.24) is 5.32 Å². The highest BCUT2D eigenvalue weighted by Gasteiger charge is 2.42. The molecule has 5 N–H and O–H groups in total. The van der Waals surface area contributed by atoms with Crippen molar-refractivity contribution < 1.29 is 24.9 Å². The molecule has 1 aliphatic heterocycles. The van der Waals surface area contributed by atoms with Gasteiger partial charge in [-0.15, -0.1) is 12.3 Å². The van der Waals surface area contributed by atoms with E-state index in [0.29, 0.717) is 0 Å². The van der Waals surface area contributed by atoms with Gasteiger partial charge < -0.3 is 25.4 Å². The lowest BCUT2D eigenvalue weighted by Crippen LogP contribution is -2.62. The molecule has 0 aromatic carbocycles. The zero-order valence-corrected chi connectivity index (χ0v) is 9.67. The van der Waals surface area contributed by atoms with E-state index in [1.54, 1.807) is 0 Å². The van der Waals surface area contributed by atoms with Gasteiger partial charge in [0.05, 0.1) is 6.61 Å². The molecule has 0 aromatic heterocycles. The molecule has 1 aliphatic rings. The third-order valence-corrected chi connectivity index (χ3v) is 2.63. The molecule has 7 nitrogen and oxygen atoms in total. The summed E-state index contributed by atoms with van der Waals surface area (Å²) in [6.07, 6.45) is 1.47. The Bertz CT molecular complexity index is 365. The fraction of sp³-hybridized carbons (Fsp3) is 0.636. The smallest absolute Gasteiger partial charge is 0.221 e. The summed E-state index contributed by atoms with van der Waals surface area (Å²) in [7, 11) is 0. The molecule has 7 heteroatoms. The van der Waals surface area contributed by atoms with E-state index < -0.39 is 42.8 Å². The van der Waals surface area contributed by atoms with Gasteiger partial charge in [0, 0.05) is 12.8 Å². The van der Waals surface area contributed by atoms with E-state index in [2.05, 4.69) is 11.2 Å². The standard InChI is InChI=1S/C11H16N2O5/c1-2-3-4-7(15)13-8-10(17)9(16)6(5-14)18-11(8)12/h1,6,8-10,12,14,16-17H,3-5H2,(H,13,15)/t6?,8?,9-,10?/m0/s1. The summed E-state index contributed by atoms with van der Waals surface area (Å²) < 4.78 is 4.90. The summed E-state index contributed by atoms with van der Waals surface area (Å²) in [5.74, 6) is 1.45. The van der Waals surface area contributed by atoms with Crippen molar-refractivity contribution in [1.29, 1.82) is 5.41 Å². The van der Waals surface area contributed by atoms with Crippen LogP contribution in [0.2, 0.25) is 0 Å². The second-order valence-corrected chi connectivity index (χ2v) is 3.93. The summed E-state index contributed by atoms with van der Waals surface area (Å²) >= 11 is 0. The number of hydrogen-bond donors (Lipinski definition) is 5. The van der Waals surface area contributed by atoms with Crippen molar-refractivity contribution in [2.75, 3.05) is 6.61 Å². The summed E-state index contributed by atoms with van der Waals surface area (Å²) in [5.41, 5.74) is 0. The van der Waals surface area contributed by atoms with Crippen LogP contribution in [0.5, 0.6) is 0 Å². The molecule has 1 rings (SSSR count). The predicted molar refractivity (Wildman–Crippen MR) is 61.7 cm³/mol. The number of amides is 1. The topological polar surface area (TPSA) is 123 Å². The molecule has 1 saturated heterocycles. The highest BCUT2D eigenvalue weighted by atomic mass is 16.5. The Kier molecular flexibility index (Phi) is 5.09. The second kappa shape index (κ2) is 6.35. The summed E-state index contributed by atoms with van der Waals surface area (Å²) in [6, 6.07) is -1.13. The van der Waals surface area contributed by atoms with Gasteiger partial charge in [0.25, 0.3) is 0 Å². The summed E-state index contributed by atoms with van der Waals surface area (Å²) in [5, 5.41) is 38.1. The van der Waals surface area contributed by atoms with Crippen LogP contribution in [0.15, 0.2) is 0 Å². The normalized spacial score (nSPS) is 31.3. The number of rotatable bonds is 4. The minimum absolute atomic E-state index is 0.0620. The van der Waals surface area contributed by atoms with E-state index in [1.165, 1.54) is 0 Å². The lowest BCUT2D eigenvalue weighted by Gasteiger charge is -2.37. The zero-order chi connectivity index (χ0) is 13.7. The van der Waals surface area contributed by atoms with E-state index in [9.17, 15) is 15.0 Å². The number of hydrogen-bond acceptors (Lipinski definition) is 6. The number of carbonyl (C=O) groups is 1. The number of aliphatic hydroxyl groups is 3. The van der Waals surface area contributed by atoms with Crippen molar-refractivity contribution >= 4 is 11.8 Å². The van der Waals surface area contributed by atoms with E-state index in [4.69, 9.17) is 21.7 Å². The van der Waals surface area contributed by atoms with E-state index >= 15 is 0 Å². The molecule has 0 spiro atoms. The molecule has 0 aromatic rings. The fourth-order valence-corrected chi connectivity index (χ4v) is 1.61. The van der Waals surface area contributed by atoms with Gasteiger partial charge in [-0.05, 0) is 0 Å². The minimum Gasteiger partial charge on any atom is -0.471 e. The van der Waals surface area contributed by atoms with E-state index in [-0.39, 0.29) is 12.8 Å². The molecule has 0 radical (unpaired) electrons. The third kappa shape index (κ3) is 3.20. The van der Waals surface area contributed by atoms with E-state index in [1.807, 2.05) is 0 Å². The van der Waals surface area contributed by atoms with Crippen molar-refractivity contribution in [2.24, 2.45) is 0 Å². The summed E-state index contributed by atoms with van der Waals surface area (Å²) in [6.45, 7) is -0.529. The van der Waals surface area contributed by atoms with Crippen molar-refractivity contribution in [2.45, 2.75) is 37.2 Å². The van der Waals surface area contributed by atoms with Gasteiger partial charge >= 0.3 is 0 Å². The lowest BCUT2D eigenvalue weighted by molar-refractivity contribution is -0.127. The quantitative estimate of drug-likeness (QED) is 0.371. The lowest BCUT2D eigenvalue weighted by atomic mass is 9.97. The Morgan fingerprint density at radius 2 is 2.17 bits per heavy atom. The first-order valence-electron chi connectivity index (χ1n) is 5.46. The van der Waals surface area contributed by atoms with Crippen molar-refractivity contribution in [3.8, 4) is 12.3 Å². The zero-order valence-electron chi connectivity index (χ0n) is 9.67. The Balaban J connectivity index is 2.63. The average molecular weight is 256 g/mol. The molecule has 1 amide bonds. The number of terminal acetylenes is 1. The Morgan fingerprint density at radius 1 is 1.50 bits per heavy atom. The van der Waals surface area contributed by atoms with E-state index in [0.717, 1.165) is 0 Å². The first-order valence-corrected chi connectivity index (χ1v) is 5.46. The van der Waals surface area contributed by atoms with Crippen molar-refractivity contribution in [3.63, 3.8) is 0 Å². The first-order chi connectivity index (χ1) is 8.51. The SMILES string of the molecule is C#CCCC(=O)NC1C(=N)OC(CO)[C@H](O)C1O. The van der Waals surface area contributed by atoms with Crippen LogP contribution in [0, 0.1) is 17.8 Å². The van der Waals surface area contributed by atoms with Crippen LogP contribution in [0.1, 0.15) is 12.8 Å². The van der Waals surface area contributed by atoms with Crippen LogP contribution < -0.4 is 5.32 Å². The molecule has 1 heterocycles. The molecule has 0 aliphatic carbocycles. The molecule has 18 heavy (non-hydrogen) atoms. The van der Waals surface area contributed by atoms with Gasteiger partial charge in [-0.3, -0.25) is 10.2 Å². The van der Waals surface area contributed by atoms with Crippen LogP contribution in [0.3, 0.4) is 0 Å². The Hall–Kier alpha value is -1.62. The van der Waals surface area contributed by atoms with Gasteiger partial charge in [0.1, 0.15) is 18.2 Å². The van der Waals surface area contributed by atoms with Gasteiger partial charge in [0.15, 0.2) is 6.10 Å². The maximum Gasteiger partial charge on any atom is 0.221 e. The van der Waals surface area contributed by atoms with Crippen LogP contribution in [-0.2, 0) is 9.53 Å². The second-order valence-electron chi connectivity index (χ2n) is 3.93. The number of nitrogens with one attached hydrogen (secondary N) is 2. The minimum atomic E-state index is -1.40. The maximum absolute atomic E-state index is 11.4. The molecule has 1 fully saturated rings. The highest BCUT2D eigenvalue weighted by molar-refractivity contribution is 5.87. The first kappa shape index (κ1) is 14.4. The van der Waals surface area contributed by atoms with Gasteiger partial charge in [-0.2, -0.15) is 0 Å².